The monoisotopic (exact) mass is 285 g/mol. The van der Waals surface area contributed by atoms with Gasteiger partial charge in [-0.2, -0.15) is 0 Å². The zero-order valence-electron chi connectivity index (χ0n) is 11.6. The summed E-state index contributed by atoms with van der Waals surface area (Å²) in [6.45, 7) is 3.72. The molecule has 1 atom stereocenters. The van der Waals surface area contributed by atoms with E-state index < -0.39 is 9.84 Å². The van der Waals surface area contributed by atoms with E-state index in [1.807, 2.05) is 31.2 Å². The number of hydrogen-bond donors (Lipinski definition) is 2. The maximum absolute atomic E-state index is 11.5. The first-order valence-corrected chi connectivity index (χ1v) is 8.45. The van der Waals surface area contributed by atoms with Crippen LogP contribution in [0.5, 0.6) is 0 Å². The lowest BCUT2D eigenvalue weighted by molar-refractivity contribution is 0.288. The molecule has 0 aliphatic heterocycles. The molecule has 0 radical (unpaired) electrons. The quantitative estimate of drug-likeness (QED) is 0.765. The number of aliphatic hydroxyl groups excluding tert-OH is 1. The van der Waals surface area contributed by atoms with Gasteiger partial charge in [0, 0.05) is 24.1 Å². The predicted octanol–water partition coefficient (Wildman–Crippen LogP) is 1.85. The molecule has 4 nitrogen and oxygen atoms in total. The molecule has 0 fully saturated rings. The maximum atomic E-state index is 11.5. The highest BCUT2D eigenvalue weighted by Crippen LogP contribution is 2.14. The van der Waals surface area contributed by atoms with E-state index in [-0.39, 0.29) is 24.2 Å². The highest BCUT2D eigenvalue weighted by molar-refractivity contribution is 7.91. The van der Waals surface area contributed by atoms with Gasteiger partial charge < -0.3 is 10.4 Å². The van der Waals surface area contributed by atoms with Crippen LogP contribution in [0.4, 0.5) is 5.69 Å². The first-order chi connectivity index (χ1) is 8.96. The number of rotatable bonds is 8. The van der Waals surface area contributed by atoms with E-state index in [0.717, 1.165) is 24.1 Å². The fourth-order valence-electron chi connectivity index (χ4n) is 1.92. The minimum absolute atomic E-state index is 0.113. The van der Waals surface area contributed by atoms with Gasteiger partial charge in [0.25, 0.3) is 0 Å². The Balaban J connectivity index is 2.61. The third kappa shape index (κ3) is 6.07. The lowest BCUT2D eigenvalue weighted by Crippen LogP contribution is -2.26. The molecule has 1 unspecified atom stereocenters. The molecule has 1 aromatic carbocycles. The molecule has 0 amide bonds. The third-order valence-electron chi connectivity index (χ3n) is 2.91. The largest absolute Gasteiger partial charge is 0.396 e. The Hall–Kier alpha value is -1.07. The fraction of sp³-hybridized carbons (Fsp3) is 0.571. The van der Waals surface area contributed by atoms with Crippen LogP contribution in [0.3, 0.4) is 0 Å². The third-order valence-corrected chi connectivity index (χ3v) is 4.79. The van der Waals surface area contributed by atoms with E-state index in [0.29, 0.717) is 0 Å². The van der Waals surface area contributed by atoms with E-state index >= 15 is 0 Å². The number of aryl methyl sites for hydroxylation is 1. The molecule has 0 aliphatic rings. The van der Waals surface area contributed by atoms with Gasteiger partial charge in [0.2, 0.25) is 0 Å². The van der Waals surface area contributed by atoms with Crippen molar-refractivity contribution < 1.29 is 13.5 Å². The van der Waals surface area contributed by atoms with Gasteiger partial charge in [0.05, 0.1) is 5.75 Å². The highest BCUT2D eigenvalue weighted by Gasteiger charge is 2.13. The number of sulfone groups is 1. The molecule has 0 saturated heterocycles. The Kier molecular flexibility index (Phi) is 6.31. The second-order valence-corrected chi connectivity index (χ2v) is 7.17. The first kappa shape index (κ1) is 16.0. The van der Waals surface area contributed by atoms with Gasteiger partial charge in [0.1, 0.15) is 0 Å². The van der Waals surface area contributed by atoms with Gasteiger partial charge in [-0.1, -0.05) is 19.1 Å². The number of hydrogen-bond acceptors (Lipinski definition) is 4. The van der Waals surface area contributed by atoms with Gasteiger partial charge in [-0.05, 0) is 37.5 Å². The van der Waals surface area contributed by atoms with E-state index in [1.165, 1.54) is 0 Å². The predicted molar refractivity (Wildman–Crippen MR) is 79.3 cm³/mol. The van der Waals surface area contributed by atoms with Crippen molar-refractivity contribution in [1.29, 1.82) is 0 Å². The van der Waals surface area contributed by atoms with Gasteiger partial charge in [-0.15, -0.1) is 0 Å². The van der Waals surface area contributed by atoms with E-state index in [1.54, 1.807) is 6.92 Å². The van der Waals surface area contributed by atoms with Crippen molar-refractivity contribution in [1.82, 2.24) is 0 Å². The van der Waals surface area contributed by atoms with Crippen LogP contribution in [0, 0.1) is 0 Å². The summed E-state index contributed by atoms with van der Waals surface area (Å²) in [4.78, 5) is 0. The van der Waals surface area contributed by atoms with E-state index in [2.05, 4.69) is 5.32 Å². The van der Waals surface area contributed by atoms with Crippen molar-refractivity contribution in [2.75, 3.05) is 23.4 Å². The summed E-state index contributed by atoms with van der Waals surface area (Å²) >= 11 is 0. The molecular weight excluding hydrogens is 262 g/mol. The average molecular weight is 285 g/mol. The molecule has 108 valence electrons. The van der Waals surface area contributed by atoms with Crippen molar-refractivity contribution in [3.05, 3.63) is 29.8 Å². The zero-order valence-corrected chi connectivity index (χ0v) is 12.4. The smallest absolute Gasteiger partial charge is 0.152 e. The van der Waals surface area contributed by atoms with Gasteiger partial charge >= 0.3 is 0 Å². The normalized spacial score (nSPS) is 13.2. The van der Waals surface area contributed by atoms with Crippen LogP contribution < -0.4 is 5.32 Å². The number of anilines is 1. The minimum Gasteiger partial charge on any atom is -0.396 e. The molecule has 0 aliphatic carbocycles. The topological polar surface area (TPSA) is 66.4 Å². The van der Waals surface area contributed by atoms with Gasteiger partial charge in [-0.25, -0.2) is 8.42 Å². The lowest BCUT2D eigenvalue weighted by Gasteiger charge is -2.15. The molecule has 19 heavy (non-hydrogen) atoms. The standard InChI is InChI=1S/C14H23NO3S/c1-3-19(17,18)11-12(2)15-14-8-4-6-13(10-14)7-5-9-16/h4,6,8,10,12,15-16H,3,5,7,9,11H2,1-2H3. The second-order valence-electron chi connectivity index (χ2n) is 4.77. The molecule has 2 N–H and O–H groups in total. The number of aliphatic hydroxyl groups is 1. The lowest BCUT2D eigenvalue weighted by atomic mass is 10.1. The summed E-state index contributed by atoms with van der Waals surface area (Å²) < 4.78 is 23.1. The molecule has 1 aromatic rings. The van der Waals surface area contributed by atoms with Crippen LogP contribution in [0.25, 0.3) is 0 Å². The second kappa shape index (κ2) is 7.50. The van der Waals surface area contributed by atoms with Crippen LogP contribution in [-0.4, -0.2) is 37.7 Å². The Morgan fingerprint density at radius 1 is 1.37 bits per heavy atom. The number of nitrogens with one attached hydrogen (secondary N) is 1. The van der Waals surface area contributed by atoms with E-state index in [4.69, 9.17) is 5.11 Å². The van der Waals surface area contributed by atoms with Crippen molar-refractivity contribution >= 4 is 15.5 Å². The molecule has 5 heteroatoms. The zero-order chi connectivity index (χ0) is 14.3. The summed E-state index contributed by atoms with van der Waals surface area (Å²) in [5, 5.41) is 12.0. The molecule has 0 saturated carbocycles. The van der Waals surface area contributed by atoms with Crippen molar-refractivity contribution in [3.63, 3.8) is 0 Å². The summed E-state index contributed by atoms with van der Waals surface area (Å²) in [7, 11) is -2.96. The maximum Gasteiger partial charge on any atom is 0.152 e. The van der Waals surface area contributed by atoms with Gasteiger partial charge in [-0.3, -0.25) is 0 Å². The Morgan fingerprint density at radius 2 is 2.11 bits per heavy atom. The molecule has 0 spiro atoms. The molecule has 1 rings (SSSR count). The van der Waals surface area contributed by atoms with Gasteiger partial charge in [0.15, 0.2) is 9.84 Å². The molecule has 0 bridgehead atoms. The van der Waals surface area contributed by atoms with Crippen LogP contribution in [0.2, 0.25) is 0 Å². The van der Waals surface area contributed by atoms with Crippen molar-refractivity contribution in [3.8, 4) is 0 Å². The van der Waals surface area contributed by atoms with Crippen molar-refractivity contribution in [2.45, 2.75) is 32.7 Å². The molecular formula is C14H23NO3S. The number of benzene rings is 1. The Labute approximate surface area is 115 Å². The summed E-state index contributed by atoms with van der Waals surface area (Å²) in [6, 6.07) is 7.77. The fourth-order valence-corrected chi connectivity index (χ4v) is 3.01. The van der Waals surface area contributed by atoms with Crippen molar-refractivity contribution in [2.24, 2.45) is 0 Å². The van der Waals surface area contributed by atoms with E-state index in [9.17, 15) is 8.42 Å². The first-order valence-electron chi connectivity index (χ1n) is 6.63. The average Bonchev–Trinajstić information content (AvgIpc) is 2.36. The van der Waals surface area contributed by atoms with Crippen LogP contribution in [-0.2, 0) is 16.3 Å². The molecule has 0 heterocycles. The van der Waals surface area contributed by atoms with Crippen LogP contribution >= 0.6 is 0 Å². The SMILES string of the molecule is CCS(=O)(=O)CC(C)Nc1cccc(CCCO)c1. The summed E-state index contributed by atoms with van der Waals surface area (Å²) in [5.41, 5.74) is 2.07. The van der Waals surface area contributed by atoms with Crippen LogP contribution in [0.1, 0.15) is 25.8 Å². The Bertz CT molecular complexity index is 485. The highest BCUT2D eigenvalue weighted by atomic mass is 32.2. The Morgan fingerprint density at radius 3 is 2.74 bits per heavy atom. The summed E-state index contributed by atoms with van der Waals surface area (Å²) in [5.74, 6) is 0.319. The van der Waals surface area contributed by atoms with Crippen LogP contribution in [0.15, 0.2) is 24.3 Å². The minimum atomic E-state index is -2.96. The molecule has 0 aromatic heterocycles. The summed E-state index contributed by atoms with van der Waals surface area (Å²) in [6.07, 6.45) is 1.57.